The van der Waals surface area contributed by atoms with E-state index in [1.54, 1.807) is 4.68 Å². The van der Waals surface area contributed by atoms with Crippen LogP contribution in [0.5, 0.6) is 0 Å². The molecule has 0 unspecified atom stereocenters. The van der Waals surface area contributed by atoms with E-state index in [0.29, 0.717) is 11.5 Å². The van der Waals surface area contributed by atoms with E-state index in [4.69, 9.17) is 5.73 Å². The third kappa shape index (κ3) is 1.70. The third-order valence-corrected chi connectivity index (χ3v) is 2.43. The van der Waals surface area contributed by atoms with Gasteiger partial charge in [-0.05, 0) is 26.0 Å². The molecule has 0 amide bonds. The van der Waals surface area contributed by atoms with E-state index in [2.05, 4.69) is 10.1 Å². The first-order valence-corrected chi connectivity index (χ1v) is 4.82. The van der Waals surface area contributed by atoms with Crippen molar-refractivity contribution in [3.63, 3.8) is 0 Å². The number of hydrogen-bond acceptors (Lipinski definition) is 3. The molecule has 2 rings (SSSR count). The standard InChI is InChI=1S/C11H14N4/c1-7-4-5-10(12)9(6-7)11-13-8(2)15(3)14-11/h4-6H,12H2,1-3H3. The van der Waals surface area contributed by atoms with Gasteiger partial charge < -0.3 is 5.73 Å². The van der Waals surface area contributed by atoms with Gasteiger partial charge in [-0.1, -0.05) is 11.6 Å². The average Bonchev–Trinajstić information content (AvgIpc) is 2.51. The molecule has 0 aliphatic carbocycles. The van der Waals surface area contributed by atoms with E-state index in [1.807, 2.05) is 39.1 Å². The van der Waals surface area contributed by atoms with E-state index in [1.165, 1.54) is 0 Å². The maximum absolute atomic E-state index is 5.89. The molecular formula is C11H14N4. The van der Waals surface area contributed by atoms with Crippen LogP contribution in [0.4, 0.5) is 5.69 Å². The number of aromatic nitrogens is 3. The van der Waals surface area contributed by atoms with Crippen LogP contribution in [-0.4, -0.2) is 14.8 Å². The first-order chi connectivity index (χ1) is 7.08. The summed E-state index contributed by atoms with van der Waals surface area (Å²) in [5, 5.41) is 4.31. The van der Waals surface area contributed by atoms with Crippen LogP contribution in [0.25, 0.3) is 11.4 Å². The largest absolute Gasteiger partial charge is 0.398 e. The summed E-state index contributed by atoms with van der Waals surface area (Å²) in [5.74, 6) is 1.57. The molecule has 1 aromatic carbocycles. The van der Waals surface area contributed by atoms with Gasteiger partial charge in [-0.3, -0.25) is 4.68 Å². The topological polar surface area (TPSA) is 56.7 Å². The molecule has 2 aromatic rings. The normalized spacial score (nSPS) is 10.6. The molecule has 0 aliphatic rings. The molecule has 0 bridgehead atoms. The van der Waals surface area contributed by atoms with Crippen LogP contribution in [0.1, 0.15) is 11.4 Å². The zero-order valence-electron chi connectivity index (χ0n) is 9.15. The van der Waals surface area contributed by atoms with Crippen molar-refractivity contribution in [1.82, 2.24) is 14.8 Å². The fourth-order valence-corrected chi connectivity index (χ4v) is 1.44. The van der Waals surface area contributed by atoms with Crippen LogP contribution in [0, 0.1) is 13.8 Å². The van der Waals surface area contributed by atoms with Gasteiger partial charge in [-0.15, -0.1) is 0 Å². The smallest absolute Gasteiger partial charge is 0.183 e. The second kappa shape index (κ2) is 3.38. The number of hydrogen-bond donors (Lipinski definition) is 1. The van der Waals surface area contributed by atoms with Crippen molar-refractivity contribution in [1.29, 1.82) is 0 Å². The molecular weight excluding hydrogens is 188 g/mol. The van der Waals surface area contributed by atoms with Gasteiger partial charge in [0, 0.05) is 18.3 Å². The zero-order valence-corrected chi connectivity index (χ0v) is 9.15. The number of nitrogen functional groups attached to an aromatic ring is 1. The van der Waals surface area contributed by atoms with Gasteiger partial charge in [0.05, 0.1) is 0 Å². The minimum atomic E-state index is 0.691. The Morgan fingerprint density at radius 1 is 1.27 bits per heavy atom. The van der Waals surface area contributed by atoms with Gasteiger partial charge >= 0.3 is 0 Å². The highest BCUT2D eigenvalue weighted by atomic mass is 15.3. The van der Waals surface area contributed by atoms with Gasteiger partial charge in [0.1, 0.15) is 5.82 Å². The van der Waals surface area contributed by atoms with Crippen molar-refractivity contribution in [2.24, 2.45) is 7.05 Å². The monoisotopic (exact) mass is 202 g/mol. The number of nitrogens with zero attached hydrogens (tertiary/aromatic N) is 3. The maximum Gasteiger partial charge on any atom is 0.183 e. The quantitative estimate of drug-likeness (QED) is 0.716. The highest BCUT2D eigenvalue weighted by Gasteiger charge is 2.09. The molecule has 1 heterocycles. The van der Waals surface area contributed by atoms with Crippen molar-refractivity contribution >= 4 is 5.69 Å². The molecule has 78 valence electrons. The Labute approximate surface area is 88.8 Å². The fourth-order valence-electron chi connectivity index (χ4n) is 1.44. The van der Waals surface area contributed by atoms with Crippen LogP contribution >= 0.6 is 0 Å². The minimum Gasteiger partial charge on any atom is -0.398 e. The summed E-state index contributed by atoms with van der Waals surface area (Å²) in [6, 6.07) is 5.87. The molecule has 0 saturated carbocycles. The first-order valence-electron chi connectivity index (χ1n) is 4.82. The number of anilines is 1. The SMILES string of the molecule is Cc1ccc(N)c(-c2nc(C)n(C)n2)c1. The Balaban J connectivity index is 2.58. The Bertz CT molecular complexity index is 480. The first kappa shape index (κ1) is 9.71. The lowest BCUT2D eigenvalue weighted by Crippen LogP contribution is -1.94. The van der Waals surface area contributed by atoms with Crippen molar-refractivity contribution in [3.05, 3.63) is 29.6 Å². The number of rotatable bonds is 1. The zero-order chi connectivity index (χ0) is 11.0. The molecule has 0 saturated heterocycles. The Hall–Kier alpha value is -1.84. The lowest BCUT2D eigenvalue weighted by Gasteiger charge is -2.02. The van der Waals surface area contributed by atoms with Crippen LogP contribution in [0.2, 0.25) is 0 Å². The van der Waals surface area contributed by atoms with Crippen molar-refractivity contribution in [2.75, 3.05) is 5.73 Å². The van der Waals surface area contributed by atoms with Crippen LogP contribution in [0.15, 0.2) is 18.2 Å². The van der Waals surface area contributed by atoms with Gasteiger partial charge in [-0.25, -0.2) is 4.98 Å². The third-order valence-electron chi connectivity index (χ3n) is 2.43. The molecule has 4 nitrogen and oxygen atoms in total. The van der Waals surface area contributed by atoms with Gasteiger partial charge in [-0.2, -0.15) is 5.10 Å². The van der Waals surface area contributed by atoms with Crippen LogP contribution in [0.3, 0.4) is 0 Å². The summed E-state index contributed by atoms with van der Waals surface area (Å²) in [4.78, 5) is 4.35. The summed E-state index contributed by atoms with van der Waals surface area (Å²) in [6.07, 6.45) is 0. The van der Waals surface area contributed by atoms with Crippen molar-refractivity contribution in [3.8, 4) is 11.4 Å². The molecule has 2 N–H and O–H groups in total. The van der Waals surface area contributed by atoms with Crippen molar-refractivity contribution < 1.29 is 0 Å². The molecule has 0 atom stereocenters. The average molecular weight is 202 g/mol. The molecule has 0 spiro atoms. The second-order valence-corrected chi connectivity index (χ2v) is 3.70. The lowest BCUT2D eigenvalue weighted by molar-refractivity contribution is 0.736. The highest BCUT2D eigenvalue weighted by Crippen LogP contribution is 2.23. The Morgan fingerprint density at radius 3 is 2.60 bits per heavy atom. The molecule has 1 aromatic heterocycles. The van der Waals surface area contributed by atoms with Gasteiger partial charge in [0.2, 0.25) is 0 Å². The summed E-state index contributed by atoms with van der Waals surface area (Å²) in [5.41, 5.74) is 8.66. The van der Waals surface area contributed by atoms with Crippen LogP contribution in [-0.2, 0) is 7.05 Å². The number of benzene rings is 1. The molecule has 0 radical (unpaired) electrons. The predicted molar refractivity (Wildman–Crippen MR) is 60.3 cm³/mol. The summed E-state index contributed by atoms with van der Waals surface area (Å²) in [6.45, 7) is 3.95. The number of aryl methyl sites for hydroxylation is 3. The molecule has 15 heavy (non-hydrogen) atoms. The van der Waals surface area contributed by atoms with Gasteiger partial charge in [0.15, 0.2) is 5.82 Å². The van der Waals surface area contributed by atoms with E-state index < -0.39 is 0 Å². The van der Waals surface area contributed by atoms with Gasteiger partial charge in [0.25, 0.3) is 0 Å². The number of nitrogens with two attached hydrogens (primary N) is 1. The summed E-state index contributed by atoms with van der Waals surface area (Å²) >= 11 is 0. The van der Waals surface area contributed by atoms with E-state index in [0.717, 1.165) is 17.0 Å². The molecule has 0 aliphatic heterocycles. The molecule has 4 heteroatoms. The summed E-state index contributed by atoms with van der Waals surface area (Å²) in [7, 11) is 1.87. The van der Waals surface area contributed by atoms with E-state index in [9.17, 15) is 0 Å². The van der Waals surface area contributed by atoms with E-state index >= 15 is 0 Å². The maximum atomic E-state index is 5.89. The van der Waals surface area contributed by atoms with Crippen LogP contribution < -0.4 is 5.73 Å². The Morgan fingerprint density at radius 2 is 2.00 bits per heavy atom. The Kier molecular flexibility index (Phi) is 2.19. The minimum absolute atomic E-state index is 0.691. The highest BCUT2D eigenvalue weighted by molar-refractivity contribution is 5.71. The predicted octanol–water partition coefficient (Wildman–Crippen LogP) is 1.68. The lowest BCUT2D eigenvalue weighted by atomic mass is 10.1. The molecule has 0 fully saturated rings. The summed E-state index contributed by atoms with van der Waals surface area (Å²) < 4.78 is 1.75. The van der Waals surface area contributed by atoms with Crippen molar-refractivity contribution in [2.45, 2.75) is 13.8 Å². The second-order valence-electron chi connectivity index (χ2n) is 3.70. The fraction of sp³-hybridized carbons (Fsp3) is 0.273. The van der Waals surface area contributed by atoms with E-state index in [-0.39, 0.29) is 0 Å².